The highest BCUT2D eigenvalue weighted by Crippen LogP contribution is 2.28. The zero-order valence-corrected chi connectivity index (χ0v) is 12.4. The number of nitrogens with zero attached hydrogens (tertiary/aromatic N) is 2. The third-order valence-corrected chi connectivity index (χ3v) is 3.16. The van der Waals surface area contributed by atoms with Crippen LogP contribution in [0.5, 0.6) is 5.75 Å². The number of nitro benzene ring substituents is 2. The van der Waals surface area contributed by atoms with Crippen LogP contribution in [0.15, 0.2) is 42.5 Å². The molecular formula is C15H15N3O5. The van der Waals surface area contributed by atoms with E-state index in [0.29, 0.717) is 13.2 Å². The van der Waals surface area contributed by atoms with Gasteiger partial charge in [0.2, 0.25) is 0 Å². The van der Waals surface area contributed by atoms with Crippen LogP contribution in [0, 0.1) is 27.2 Å². The molecule has 23 heavy (non-hydrogen) atoms. The van der Waals surface area contributed by atoms with E-state index in [1.54, 1.807) is 0 Å². The van der Waals surface area contributed by atoms with Gasteiger partial charge in [-0.2, -0.15) is 0 Å². The molecule has 1 N–H and O–H groups in total. The normalized spacial score (nSPS) is 10.1. The molecule has 8 heteroatoms. The van der Waals surface area contributed by atoms with Gasteiger partial charge in [-0.05, 0) is 24.6 Å². The van der Waals surface area contributed by atoms with Gasteiger partial charge in [0, 0.05) is 12.6 Å². The van der Waals surface area contributed by atoms with Crippen molar-refractivity contribution in [2.45, 2.75) is 6.92 Å². The van der Waals surface area contributed by atoms with Crippen LogP contribution in [0.1, 0.15) is 5.56 Å². The van der Waals surface area contributed by atoms with E-state index >= 15 is 0 Å². The monoisotopic (exact) mass is 317 g/mol. The van der Waals surface area contributed by atoms with Crippen molar-refractivity contribution in [3.05, 3.63) is 68.3 Å². The second kappa shape index (κ2) is 7.21. The first-order valence-electron chi connectivity index (χ1n) is 6.84. The first kappa shape index (κ1) is 16.2. The van der Waals surface area contributed by atoms with Gasteiger partial charge in [0.05, 0.1) is 15.9 Å². The lowest BCUT2D eigenvalue weighted by atomic mass is 10.2. The highest BCUT2D eigenvalue weighted by molar-refractivity contribution is 5.65. The molecule has 0 bridgehead atoms. The zero-order valence-electron chi connectivity index (χ0n) is 12.4. The molecule has 0 aliphatic rings. The standard InChI is InChI=1S/C15H15N3O5/c1-11-4-2-3-5-15(11)23-9-8-16-13-7-6-12(17(19)20)10-14(13)18(21)22/h2-7,10,16H,8-9H2,1H3. The Bertz CT molecular complexity index is 733. The molecule has 0 heterocycles. The van der Waals surface area contributed by atoms with Crippen LogP contribution in [0.2, 0.25) is 0 Å². The van der Waals surface area contributed by atoms with Gasteiger partial charge in [-0.25, -0.2) is 0 Å². The van der Waals surface area contributed by atoms with Gasteiger partial charge >= 0.3 is 0 Å². The van der Waals surface area contributed by atoms with E-state index in [1.165, 1.54) is 12.1 Å². The number of nitro groups is 2. The summed E-state index contributed by atoms with van der Waals surface area (Å²) in [4.78, 5) is 20.4. The average molecular weight is 317 g/mol. The van der Waals surface area contributed by atoms with Crippen LogP contribution < -0.4 is 10.1 Å². The van der Waals surface area contributed by atoms with Crippen molar-refractivity contribution in [3.63, 3.8) is 0 Å². The first-order chi connectivity index (χ1) is 11.0. The lowest BCUT2D eigenvalue weighted by Gasteiger charge is -2.10. The Morgan fingerprint density at radius 1 is 1.09 bits per heavy atom. The molecule has 0 aromatic heterocycles. The largest absolute Gasteiger partial charge is 0.491 e. The van der Waals surface area contributed by atoms with Crippen molar-refractivity contribution in [1.82, 2.24) is 0 Å². The van der Waals surface area contributed by atoms with Gasteiger partial charge in [-0.1, -0.05) is 18.2 Å². The van der Waals surface area contributed by atoms with Crippen molar-refractivity contribution in [2.75, 3.05) is 18.5 Å². The number of nitrogens with one attached hydrogen (secondary N) is 1. The second-order valence-electron chi connectivity index (χ2n) is 4.76. The number of anilines is 1. The van der Waals surface area contributed by atoms with E-state index in [4.69, 9.17) is 4.74 Å². The molecule has 2 aromatic carbocycles. The van der Waals surface area contributed by atoms with E-state index in [2.05, 4.69) is 5.32 Å². The van der Waals surface area contributed by atoms with Gasteiger partial charge in [-0.3, -0.25) is 20.2 Å². The molecule has 120 valence electrons. The molecule has 0 saturated heterocycles. The minimum absolute atomic E-state index is 0.217. The summed E-state index contributed by atoms with van der Waals surface area (Å²) >= 11 is 0. The Morgan fingerprint density at radius 3 is 2.48 bits per heavy atom. The van der Waals surface area contributed by atoms with Crippen molar-refractivity contribution >= 4 is 17.1 Å². The SMILES string of the molecule is Cc1ccccc1OCCNc1ccc([N+](=O)[O-])cc1[N+](=O)[O-]. The highest BCUT2D eigenvalue weighted by atomic mass is 16.6. The summed E-state index contributed by atoms with van der Waals surface area (Å²) in [7, 11) is 0. The number of non-ortho nitro benzene ring substituents is 1. The average Bonchev–Trinajstić information content (AvgIpc) is 2.52. The summed E-state index contributed by atoms with van der Waals surface area (Å²) in [6, 6.07) is 11.0. The third kappa shape index (κ3) is 4.16. The van der Waals surface area contributed by atoms with Crippen LogP contribution in [-0.2, 0) is 0 Å². The summed E-state index contributed by atoms with van der Waals surface area (Å²) in [5, 5.41) is 24.5. The summed E-state index contributed by atoms with van der Waals surface area (Å²) in [6.45, 7) is 2.55. The van der Waals surface area contributed by atoms with Crippen LogP contribution in [0.25, 0.3) is 0 Å². The Kier molecular flexibility index (Phi) is 5.08. The third-order valence-electron chi connectivity index (χ3n) is 3.16. The fourth-order valence-corrected chi connectivity index (χ4v) is 2.00. The number of hydrogen-bond donors (Lipinski definition) is 1. The Labute approximate surface area is 132 Å². The van der Waals surface area contributed by atoms with E-state index in [1.807, 2.05) is 31.2 Å². The van der Waals surface area contributed by atoms with E-state index in [0.717, 1.165) is 17.4 Å². The predicted octanol–water partition coefficient (Wildman–Crippen LogP) is 3.30. The number of aryl methyl sites for hydroxylation is 1. The molecule has 2 rings (SSSR count). The van der Waals surface area contributed by atoms with Crippen LogP contribution >= 0.6 is 0 Å². The molecule has 0 aliphatic heterocycles. The molecule has 0 unspecified atom stereocenters. The lowest BCUT2D eigenvalue weighted by Crippen LogP contribution is -2.13. The predicted molar refractivity (Wildman–Crippen MR) is 84.9 cm³/mol. The van der Waals surface area contributed by atoms with Crippen LogP contribution in [0.3, 0.4) is 0 Å². The van der Waals surface area contributed by atoms with Crippen molar-refractivity contribution in [2.24, 2.45) is 0 Å². The minimum Gasteiger partial charge on any atom is -0.491 e. The Morgan fingerprint density at radius 2 is 1.83 bits per heavy atom. The van der Waals surface area contributed by atoms with Crippen molar-refractivity contribution < 1.29 is 14.6 Å². The topological polar surface area (TPSA) is 108 Å². The lowest BCUT2D eigenvalue weighted by molar-refractivity contribution is -0.393. The van der Waals surface area contributed by atoms with Gasteiger partial charge in [-0.15, -0.1) is 0 Å². The molecule has 0 amide bonds. The van der Waals surface area contributed by atoms with E-state index < -0.39 is 9.85 Å². The molecule has 0 saturated carbocycles. The second-order valence-corrected chi connectivity index (χ2v) is 4.76. The van der Waals surface area contributed by atoms with Gasteiger partial charge in [0.15, 0.2) is 0 Å². The summed E-state index contributed by atoms with van der Waals surface area (Å²) in [5.41, 5.74) is 0.552. The van der Waals surface area contributed by atoms with E-state index in [-0.39, 0.29) is 17.1 Å². The smallest absolute Gasteiger partial charge is 0.299 e. The highest BCUT2D eigenvalue weighted by Gasteiger charge is 2.19. The molecule has 0 radical (unpaired) electrons. The fraction of sp³-hybridized carbons (Fsp3) is 0.200. The molecule has 0 spiro atoms. The molecule has 2 aromatic rings. The number of benzene rings is 2. The number of para-hydroxylation sites is 1. The maximum Gasteiger partial charge on any atom is 0.299 e. The van der Waals surface area contributed by atoms with Crippen LogP contribution in [0.4, 0.5) is 17.1 Å². The zero-order chi connectivity index (χ0) is 16.8. The Hall–Kier alpha value is -3.16. The molecule has 0 aliphatic carbocycles. The van der Waals surface area contributed by atoms with E-state index in [9.17, 15) is 20.2 Å². The van der Waals surface area contributed by atoms with Crippen molar-refractivity contribution in [3.8, 4) is 5.75 Å². The van der Waals surface area contributed by atoms with Gasteiger partial charge in [0.25, 0.3) is 11.4 Å². The quantitative estimate of drug-likeness (QED) is 0.477. The molecular weight excluding hydrogens is 302 g/mol. The molecule has 0 atom stereocenters. The fourth-order valence-electron chi connectivity index (χ4n) is 2.00. The van der Waals surface area contributed by atoms with Gasteiger partial charge < -0.3 is 10.1 Å². The Balaban J connectivity index is 1.99. The number of ether oxygens (including phenoxy) is 1. The summed E-state index contributed by atoms with van der Waals surface area (Å²) in [6.07, 6.45) is 0. The first-order valence-corrected chi connectivity index (χ1v) is 6.84. The van der Waals surface area contributed by atoms with Gasteiger partial charge in [0.1, 0.15) is 18.0 Å². The molecule has 8 nitrogen and oxygen atoms in total. The van der Waals surface area contributed by atoms with Crippen LogP contribution in [-0.4, -0.2) is 23.0 Å². The summed E-state index contributed by atoms with van der Waals surface area (Å²) in [5.74, 6) is 0.743. The number of hydrogen-bond acceptors (Lipinski definition) is 6. The maximum absolute atomic E-state index is 11.0. The number of rotatable bonds is 7. The van der Waals surface area contributed by atoms with Crippen molar-refractivity contribution in [1.29, 1.82) is 0 Å². The summed E-state index contributed by atoms with van der Waals surface area (Å²) < 4.78 is 5.58. The maximum atomic E-state index is 11.0. The molecule has 0 fully saturated rings. The minimum atomic E-state index is -0.669.